The minimum Gasteiger partial charge on any atom is -0.356 e. The minimum absolute atomic E-state index is 0.457. The third kappa shape index (κ3) is 1.34. The molecule has 1 unspecified atom stereocenters. The number of fused-ring (bicyclic) bond motifs is 1. The zero-order chi connectivity index (χ0) is 10.1. The van der Waals surface area contributed by atoms with Gasteiger partial charge >= 0.3 is 0 Å². The Morgan fingerprint density at radius 2 is 2.07 bits per heavy atom. The molecule has 0 N–H and O–H groups in total. The van der Waals surface area contributed by atoms with E-state index in [1.165, 1.54) is 11.1 Å². The van der Waals surface area contributed by atoms with Gasteiger partial charge in [0, 0.05) is 12.1 Å². The maximum Gasteiger partial charge on any atom is 0.110 e. The molecule has 1 aromatic rings. The predicted molar refractivity (Wildman–Crippen MR) is 63.6 cm³/mol. The average Bonchev–Trinajstić information content (AvgIpc) is 2.45. The molecule has 0 aromatic heterocycles. The first kappa shape index (κ1) is 9.66. The van der Waals surface area contributed by atoms with Crippen LogP contribution in [0.25, 0.3) is 0 Å². The number of thiocarbonyl (C=S) groups is 1. The number of hydrogen-bond acceptors (Lipinski definition) is 1. The lowest BCUT2D eigenvalue weighted by Gasteiger charge is -2.23. The fraction of sp³-hybridized carbons (Fsp3) is 0.417. The van der Waals surface area contributed by atoms with E-state index < -0.39 is 0 Å². The van der Waals surface area contributed by atoms with Gasteiger partial charge in [-0.1, -0.05) is 43.4 Å². The summed E-state index contributed by atoms with van der Waals surface area (Å²) < 4.78 is 0. The number of nitrogens with zero attached hydrogens (tertiary/aromatic N) is 1. The Kier molecular flexibility index (Phi) is 2.55. The molecule has 1 aliphatic rings. The molecule has 74 valence electrons. The second-order valence-electron chi connectivity index (χ2n) is 3.76. The second kappa shape index (κ2) is 3.70. The van der Waals surface area contributed by atoms with E-state index in [0.29, 0.717) is 6.04 Å². The summed E-state index contributed by atoms with van der Waals surface area (Å²) in [5.74, 6) is 0. The quantitative estimate of drug-likeness (QED) is 0.682. The van der Waals surface area contributed by atoms with Crippen molar-refractivity contribution in [2.45, 2.75) is 26.3 Å². The van der Waals surface area contributed by atoms with Crippen molar-refractivity contribution in [1.29, 1.82) is 0 Å². The first-order valence-electron chi connectivity index (χ1n) is 5.15. The summed E-state index contributed by atoms with van der Waals surface area (Å²) in [7, 11) is 0. The van der Waals surface area contributed by atoms with E-state index in [1.54, 1.807) is 0 Å². The predicted octanol–water partition coefficient (Wildman–Crippen LogP) is 3.15. The third-order valence-electron chi connectivity index (χ3n) is 2.83. The van der Waals surface area contributed by atoms with Crippen LogP contribution in [0.1, 0.15) is 37.4 Å². The Morgan fingerprint density at radius 1 is 1.36 bits per heavy atom. The smallest absolute Gasteiger partial charge is 0.110 e. The Morgan fingerprint density at radius 3 is 2.71 bits per heavy atom. The lowest BCUT2D eigenvalue weighted by molar-refractivity contribution is 0.359. The van der Waals surface area contributed by atoms with Gasteiger partial charge in [0.05, 0.1) is 6.04 Å². The lowest BCUT2D eigenvalue weighted by atomic mass is 10.1. The van der Waals surface area contributed by atoms with Crippen LogP contribution in [0, 0.1) is 0 Å². The van der Waals surface area contributed by atoms with Gasteiger partial charge in [0.1, 0.15) is 4.99 Å². The largest absolute Gasteiger partial charge is 0.356 e. The summed E-state index contributed by atoms with van der Waals surface area (Å²) in [4.78, 5) is 3.34. The van der Waals surface area contributed by atoms with Crippen LogP contribution in [-0.2, 0) is 0 Å². The summed E-state index contributed by atoms with van der Waals surface area (Å²) in [6, 6.07) is 8.92. The van der Waals surface area contributed by atoms with E-state index in [2.05, 4.69) is 43.0 Å². The van der Waals surface area contributed by atoms with Crippen molar-refractivity contribution in [3.05, 3.63) is 35.4 Å². The molecule has 1 heterocycles. The van der Waals surface area contributed by atoms with Crippen LogP contribution in [0.5, 0.6) is 0 Å². The molecule has 0 aliphatic carbocycles. The summed E-state index contributed by atoms with van der Waals surface area (Å²) in [5, 5.41) is 0. The van der Waals surface area contributed by atoms with Crippen molar-refractivity contribution >= 4 is 17.2 Å². The van der Waals surface area contributed by atoms with Crippen LogP contribution in [0.3, 0.4) is 0 Å². The van der Waals surface area contributed by atoms with Gasteiger partial charge < -0.3 is 4.90 Å². The fourth-order valence-corrected chi connectivity index (χ4v) is 2.53. The highest BCUT2D eigenvalue weighted by molar-refractivity contribution is 7.80. The van der Waals surface area contributed by atoms with Crippen LogP contribution in [-0.4, -0.2) is 16.4 Å². The number of benzene rings is 1. The highest BCUT2D eigenvalue weighted by Crippen LogP contribution is 2.33. The molecule has 1 nitrogen and oxygen atoms in total. The molecule has 2 heteroatoms. The van der Waals surface area contributed by atoms with E-state index in [9.17, 15) is 0 Å². The number of rotatable bonds is 2. The molecule has 0 amide bonds. The van der Waals surface area contributed by atoms with Crippen molar-refractivity contribution in [3.63, 3.8) is 0 Å². The second-order valence-corrected chi connectivity index (χ2v) is 4.15. The highest BCUT2D eigenvalue weighted by Gasteiger charge is 2.29. The third-order valence-corrected chi connectivity index (χ3v) is 3.29. The van der Waals surface area contributed by atoms with Crippen molar-refractivity contribution in [2.75, 3.05) is 6.54 Å². The van der Waals surface area contributed by atoms with Crippen LogP contribution in [0.4, 0.5) is 0 Å². The van der Waals surface area contributed by atoms with Gasteiger partial charge in [-0.15, -0.1) is 0 Å². The molecule has 0 fully saturated rings. The van der Waals surface area contributed by atoms with Crippen molar-refractivity contribution in [2.24, 2.45) is 0 Å². The molecule has 1 atom stereocenters. The Bertz CT molecular complexity index is 359. The van der Waals surface area contributed by atoms with Crippen LogP contribution in [0.2, 0.25) is 0 Å². The van der Waals surface area contributed by atoms with Crippen LogP contribution >= 0.6 is 12.2 Å². The van der Waals surface area contributed by atoms with Gasteiger partial charge in [0.2, 0.25) is 0 Å². The van der Waals surface area contributed by atoms with Crippen LogP contribution in [0.15, 0.2) is 24.3 Å². The molecule has 0 saturated heterocycles. The molecule has 1 aliphatic heterocycles. The molecule has 0 radical (unpaired) electrons. The van der Waals surface area contributed by atoms with Gasteiger partial charge in [0.25, 0.3) is 0 Å². The van der Waals surface area contributed by atoms with E-state index in [4.69, 9.17) is 12.2 Å². The molecule has 0 spiro atoms. The first-order valence-corrected chi connectivity index (χ1v) is 5.56. The highest BCUT2D eigenvalue weighted by atomic mass is 32.1. The maximum absolute atomic E-state index is 5.46. The van der Waals surface area contributed by atoms with Gasteiger partial charge in [-0.05, 0) is 18.9 Å². The van der Waals surface area contributed by atoms with Gasteiger partial charge in [-0.2, -0.15) is 0 Å². The zero-order valence-corrected chi connectivity index (χ0v) is 9.47. The van der Waals surface area contributed by atoms with Gasteiger partial charge in [-0.25, -0.2) is 0 Å². The monoisotopic (exact) mass is 205 g/mol. The van der Waals surface area contributed by atoms with Crippen molar-refractivity contribution in [3.8, 4) is 0 Å². The molecule has 1 aromatic carbocycles. The van der Waals surface area contributed by atoms with E-state index >= 15 is 0 Å². The normalized spacial score (nSPS) is 20.0. The lowest BCUT2D eigenvalue weighted by Crippen LogP contribution is -2.26. The first-order chi connectivity index (χ1) is 6.75. The Hall–Kier alpha value is -0.890. The van der Waals surface area contributed by atoms with Crippen LogP contribution < -0.4 is 0 Å². The van der Waals surface area contributed by atoms with Gasteiger partial charge in [-0.3, -0.25) is 0 Å². The molecule has 0 saturated carbocycles. The molecular formula is C12H15NS. The topological polar surface area (TPSA) is 3.24 Å². The van der Waals surface area contributed by atoms with Crippen molar-refractivity contribution in [1.82, 2.24) is 4.90 Å². The Labute approximate surface area is 90.7 Å². The van der Waals surface area contributed by atoms with Crippen molar-refractivity contribution < 1.29 is 0 Å². The van der Waals surface area contributed by atoms with E-state index in [-0.39, 0.29) is 0 Å². The van der Waals surface area contributed by atoms with E-state index in [0.717, 1.165) is 18.0 Å². The summed E-state index contributed by atoms with van der Waals surface area (Å²) in [5.41, 5.74) is 2.63. The summed E-state index contributed by atoms with van der Waals surface area (Å²) in [6.45, 7) is 5.49. The van der Waals surface area contributed by atoms with Gasteiger partial charge in [0.15, 0.2) is 0 Å². The zero-order valence-electron chi connectivity index (χ0n) is 8.66. The molecule has 0 bridgehead atoms. The minimum atomic E-state index is 0.457. The maximum atomic E-state index is 5.46. The standard InChI is InChI=1S/C12H15NS/c1-3-8-13-9(2)10-6-4-5-7-11(10)12(13)14/h4-7,9H,3,8H2,1-2H3. The molecule has 2 rings (SSSR count). The average molecular weight is 205 g/mol. The summed E-state index contributed by atoms with van der Waals surface area (Å²) >= 11 is 5.46. The Balaban J connectivity index is 2.38. The fourth-order valence-electron chi connectivity index (χ4n) is 2.09. The molecular weight excluding hydrogens is 190 g/mol. The van der Waals surface area contributed by atoms with E-state index in [1.807, 2.05) is 0 Å². The SMILES string of the molecule is CCCN1C(=S)c2ccccc2C1C. The summed E-state index contributed by atoms with van der Waals surface area (Å²) in [6.07, 6.45) is 1.15. The molecule has 14 heavy (non-hydrogen) atoms. The number of hydrogen-bond donors (Lipinski definition) is 0.